The fraction of sp³-hybridized carbons (Fsp3) is 0.167. The van der Waals surface area contributed by atoms with E-state index in [-0.39, 0.29) is 11.7 Å². The SMILES string of the molecule is CC(=O)Nc1ccc(Nc2nnc(SCC(=O)O)s2)cc1. The molecule has 3 N–H and O–H groups in total. The first-order valence-corrected chi connectivity index (χ1v) is 7.66. The Morgan fingerprint density at radius 1 is 1.24 bits per heavy atom. The Kier molecular flexibility index (Phi) is 5.12. The molecule has 2 aromatic rings. The zero-order chi connectivity index (χ0) is 15.2. The summed E-state index contributed by atoms with van der Waals surface area (Å²) in [6, 6.07) is 7.14. The van der Waals surface area contributed by atoms with Crippen LogP contribution in [0.15, 0.2) is 28.6 Å². The molecule has 0 fully saturated rings. The molecule has 21 heavy (non-hydrogen) atoms. The van der Waals surface area contributed by atoms with Crippen LogP contribution in [-0.2, 0) is 9.59 Å². The van der Waals surface area contributed by atoms with Crippen molar-refractivity contribution in [2.24, 2.45) is 0 Å². The molecule has 0 radical (unpaired) electrons. The van der Waals surface area contributed by atoms with Gasteiger partial charge in [-0.3, -0.25) is 9.59 Å². The summed E-state index contributed by atoms with van der Waals surface area (Å²) in [5.41, 5.74) is 1.51. The Hall–Kier alpha value is -2.13. The van der Waals surface area contributed by atoms with Crippen molar-refractivity contribution >= 4 is 51.5 Å². The molecule has 0 aliphatic rings. The van der Waals surface area contributed by atoms with Gasteiger partial charge in [-0.05, 0) is 24.3 Å². The highest BCUT2D eigenvalue weighted by atomic mass is 32.2. The fourth-order valence-corrected chi connectivity index (χ4v) is 2.90. The maximum atomic E-state index is 10.9. The van der Waals surface area contributed by atoms with E-state index in [2.05, 4.69) is 20.8 Å². The minimum absolute atomic E-state index is 0.0416. The van der Waals surface area contributed by atoms with E-state index in [1.54, 1.807) is 24.3 Å². The summed E-state index contributed by atoms with van der Waals surface area (Å²) in [6.07, 6.45) is 0. The molecule has 1 amide bonds. The van der Waals surface area contributed by atoms with Gasteiger partial charge in [0.2, 0.25) is 11.0 Å². The summed E-state index contributed by atoms with van der Waals surface area (Å²) >= 11 is 2.41. The number of amides is 1. The van der Waals surface area contributed by atoms with Crippen LogP contribution in [0.4, 0.5) is 16.5 Å². The lowest BCUT2D eigenvalue weighted by Crippen LogP contribution is -2.05. The minimum Gasteiger partial charge on any atom is -0.481 e. The third-order valence-electron chi connectivity index (χ3n) is 2.18. The zero-order valence-corrected chi connectivity index (χ0v) is 12.6. The number of carboxylic acids is 1. The smallest absolute Gasteiger partial charge is 0.313 e. The summed E-state index contributed by atoms with van der Waals surface area (Å²) in [4.78, 5) is 21.4. The molecular weight excluding hydrogens is 312 g/mol. The van der Waals surface area contributed by atoms with E-state index in [4.69, 9.17) is 5.11 Å². The van der Waals surface area contributed by atoms with Gasteiger partial charge < -0.3 is 15.7 Å². The van der Waals surface area contributed by atoms with Gasteiger partial charge in [0.25, 0.3) is 0 Å². The van der Waals surface area contributed by atoms with Gasteiger partial charge in [0.15, 0.2) is 4.34 Å². The largest absolute Gasteiger partial charge is 0.481 e. The topological polar surface area (TPSA) is 104 Å². The van der Waals surface area contributed by atoms with E-state index in [0.717, 1.165) is 17.4 Å². The molecule has 0 aliphatic heterocycles. The van der Waals surface area contributed by atoms with Crippen molar-refractivity contribution in [2.45, 2.75) is 11.3 Å². The van der Waals surface area contributed by atoms with Gasteiger partial charge in [-0.1, -0.05) is 23.1 Å². The number of hydrogen-bond donors (Lipinski definition) is 3. The Balaban J connectivity index is 1.95. The molecule has 0 atom stereocenters. The Morgan fingerprint density at radius 3 is 2.52 bits per heavy atom. The number of carboxylic acid groups (broad SMARTS) is 1. The van der Waals surface area contributed by atoms with Crippen LogP contribution in [0, 0.1) is 0 Å². The average molecular weight is 324 g/mol. The van der Waals surface area contributed by atoms with Gasteiger partial charge in [0, 0.05) is 18.3 Å². The van der Waals surface area contributed by atoms with Gasteiger partial charge >= 0.3 is 5.97 Å². The Labute approximate surface area is 128 Å². The first-order chi connectivity index (χ1) is 10.0. The number of carbonyl (C=O) groups is 2. The second kappa shape index (κ2) is 7.04. The average Bonchev–Trinajstić information content (AvgIpc) is 2.86. The van der Waals surface area contributed by atoms with Crippen molar-refractivity contribution in [1.82, 2.24) is 10.2 Å². The lowest BCUT2D eigenvalue weighted by atomic mass is 10.3. The third kappa shape index (κ3) is 5.04. The quantitative estimate of drug-likeness (QED) is 0.701. The normalized spacial score (nSPS) is 10.1. The number of rotatable bonds is 6. The predicted octanol–water partition coefficient (Wildman–Crippen LogP) is 2.42. The lowest BCUT2D eigenvalue weighted by molar-refractivity contribution is -0.133. The highest BCUT2D eigenvalue weighted by molar-refractivity contribution is 8.01. The number of aromatic nitrogens is 2. The molecule has 9 heteroatoms. The number of aliphatic carboxylic acids is 1. The molecular formula is C12H12N4O3S2. The van der Waals surface area contributed by atoms with Crippen LogP contribution in [-0.4, -0.2) is 32.9 Å². The second-order valence-corrected chi connectivity index (χ2v) is 6.14. The highest BCUT2D eigenvalue weighted by Gasteiger charge is 2.07. The maximum Gasteiger partial charge on any atom is 0.313 e. The van der Waals surface area contributed by atoms with Gasteiger partial charge in [0.05, 0.1) is 5.75 Å². The third-order valence-corrected chi connectivity index (χ3v) is 4.14. The van der Waals surface area contributed by atoms with Gasteiger partial charge in [0.1, 0.15) is 0 Å². The minimum atomic E-state index is -0.890. The molecule has 1 aromatic carbocycles. The first kappa shape index (κ1) is 15.3. The van der Waals surface area contributed by atoms with Crippen LogP contribution in [0.2, 0.25) is 0 Å². The van der Waals surface area contributed by atoms with Gasteiger partial charge in [-0.25, -0.2) is 0 Å². The summed E-state index contributed by atoms with van der Waals surface area (Å²) < 4.78 is 0.592. The molecule has 1 aromatic heterocycles. The van der Waals surface area contributed by atoms with E-state index in [1.807, 2.05) is 0 Å². The van der Waals surface area contributed by atoms with Crippen LogP contribution in [0.25, 0.3) is 0 Å². The predicted molar refractivity (Wildman–Crippen MR) is 82.3 cm³/mol. The van der Waals surface area contributed by atoms with Crippen molar-refractivity contribution < 1.29 is 14.7 Å². The number of nitrogens with one attached hydrogen (secondary N) is 2. The molecule has 0 aliphatic carbocycles. The molecule has 0 bridgehead atoms. The Morgan fingerprint density at radius 2 is 1.90 bits per heavy atom. The lowest BCUT2D eigenvalue weighted by Gasteiger charge is -2.04. The van der Waals surface area contributed by atoms with Crippen molar-refractivity contribution in [3.63, 3.8) is 0 Å². The highest BCUT2D eigenvalue weighted by Crippen LogP contribution is 2.27. The van der Waals surface area contributed by atoms with E-state index in [1.165, 1.54) is 18.3 Å². The van der Waals surface area contributed by atoms with Crippen molar-refractivity contribution in [3.8, 4) is 0 Å². The number of nitrogens with zero attached hydrogens (tertiary/aromatic N) is 2. The molecule has 0 spiro atoms. The number of anilines is 3. The van der Waals surface area contributed by atoms with Crippen LogP contribution >= 0.6 is 23.1 Å². The van der Waals surface area contributed by atoms with Gasteiger partial charge in [-0.2, -0.15) is 0 Å². The number of carbonyl (C=O) groups excluding carboxylic acids is 1. The molecule has 0 saturated carbocycles. The molecule has 110 valence electrons. The van der Waals surface area contributed by atoms with Gasteiger partial charge in [-0.15, -0.1) is 10.2 Å². The summed E-state index contributed by atoms with van der Waals surface area (Å²) in [5, 5.41) is 22.7. The van der Waals surface area contributed by atoms with Crippen LogP contribution in [0.1, 0.15) is 6.92 Å². The van der Waals surface area contributed by atoms with E-state index in [9.17, 15) is 9.59 Å². The zero-order valence-electron chi connectivity index (χ0n) is 11.0. The monoisotopic (exact) mass is 324 g/mol. The van der Waals surface area contributed by atoms with E-state index in [0.29, 0.717) is 15.2 Å². The van der Waals surface area contributed by atoms with E-state index >= 15 is 0 Å². The molecule has 0 unspecified atom stereocenters. The van der Waals surface area contributed by atoms with Crippen molar-refractivity contribution in [2.75, 3.05) is 16.4 Å². The first-order valence-electron chi connectivity index (χ1n) is 5.86. The standard InChI is InChI=1S/C12H12N4O3S2/c1-7(17)13-8-2-4-9(5-3-8)14-11-15-16-12(21-11)20-6-10(18)19/h2-5H,6H2,1H3,(H,13,17)(H,14,15)(H,18,19). The summed E-state index contributed by atoms with van der Waals surface area (Å²) in [7, 11) is 0. The van der Waals surface area contributed by atoms with Crippen molar-refractivity contribution in [3.05, 3.63) is 24.3 Å². The fourth-order valence-electron chi connectivity index (χ4n) is 1.41. The van der Waals surface area contributed by atoms with Crippen LogP contribution < -0.4 is 10.6 Å². The summed E-state index contributed by atoms with van der Waals surface area (Å²) in [6.45, 7) is 1.45. The number of thioether (sulfide) groups is 1. The van der Waals surface area contributed by atoms with E-state index < -0.39 is 5.97 Å². The second-order valence-electron chi connectivity index (χ2n) is 3.94. The van der Waals surface area contributed by atoms with Crippen LogP contribution in [0.5, 0.6) is 0 Å². The number of benzene rings is 1. The van der Waals surface area contributed by atoms with Crippen molar-refractivity contribution in [1.29, 1.82) is 0 Å². The maximum absolute atomic E-state index is 10.9. The van der Waals surface area contributed by atoms with Crippen LogP contribution in [0.3, 0.4) is 0 Å². The Bertz CT molecular complexity index is 642. The molecule has 2 rings (SSSR count). The molecule has 7 nitrogen and oxygen atoms in total. The number of hydrogen-bond acceptors (Lipinski definition) is 7. The molecule has 1 heterocycles. The summed E-state index contributed by atoms with van der Waals surface area (Å²) in [5.74, 6) is -1.06. The molecule has 0 saturated heterocycles.